The van der Waals surface area contributed by atoms with Crippen molar-refractivity contribution < 1.29 is 0 Å². The summed E-state index contributed by atoms with van der Waals surface area (Å²) in [4.78, 5) is 8.85. The van der Waals surface area contributed by atoms with E-state index in [-0.39, 0.29) is 0 Å². The zero-order valence-corrected chi connectivity index (χ0v) is 10.5. The molecule has 0 aliphatic carbocycles. The second kappa shape index (κ2) is 5.02. The first-order valence-electron chi connectivity index (χ1n) is 6.14. The third kappa shape index (κ3) is 2.25. The average Bonchev–Trinajstić information content (AvgIpc) is 2.49. The van der Waals surface area contributed by atoms with Crippen molar-refractivity contribution in [3.63, 3.8) is 0 Å². The van der Waals surface area contributed by atoms with Crippen LogP contribution < -0.4 is 0 Å². The topological polar surface area (TPSA) is 25.8 Å². The molecule has 0 N–H and O–H groups in total. The maximum atomic E-state index is 4.43. The van der Waals surface area contributed by atoms with Gasteiger partial charge in [0, 0.05) is 23.5 Å². The number of benzene rings is 1. The van der Waals surface area contributed by atoms with Crippen LogP contribution in [0.3, 0.4) is 0 Å². The van der Waals surface area contributed by atoms with E-state index in [1.807, 2.05) is 48.5 Å². The Bertz CT molecular complexity index is 676. The lowest BCUT2D eigenvalue weighted by Gasteiger charge is -2.11. The van der Waals surface area contributed by atoms with Crippen molar-refractivity contribution in [2.75, 3.05) is 0 Å². The SMILES string of the molecule is [CH2]c1cccc(-c2ccccn2)c1-c1ccccn1. The quantitative estimate of drug-likeness (QED) is 0.682. The number of nitrogens with zero attached hydrogens (tertiary/aromatic N) is 2. The maximum Gasteiger partial charge on any atom is 0.0711 e. The van der Waals surface area contributed by atoms with Crippen LogP contribution in [0.15, 0.2) is 67.0 Å². The molecule has 19 heavy (non-hydrogen) atoms. The highest BCUT2D eigenvalue weighted by Crippen LogP contribution is 2.32. The minimum absolute atomic E-state index is 0.925. The van der Waals surface area contributed by atoms with E-state index in [9.17, 15) is 0 Å². The number of pyridine rings is 2. The molecule has 0 spiro atoms. The van der Waals surface area contributed by atoms with Gasteiger partial charge in [0.2, 0.25) is 0 Å². The molecule has 3 rings (SSSR count). The molecule has 0 fully saturated rings. The van der Waals surface area contributed by atoms with Crippen LogP contribution in [0.2, 0.25) is 0 Å². The Labute approximate surface area is 112 Å². The standard InChI is InChI=1S/C17H13N2/c1-13-7-6-8-14(15-9-2-4-11-18-15)17(13)16-10-3-5-12-19-16/h2-12H,1H2. The summed E-state index contributed by atoms with van der Waals surface area (Å²) in [6.07, 6.45) is 3.59. The molecule has 1 aromatic carbocycles. The minimum Gasteiger partial charge on any atom is -0.256 e. The van der Waals surface area contributed by atoms with Crippen molar-refractivity contribution in [1.82, 2.24) is 9.97 Å². The summed E-state index contributed by atoms with van der Waals surface area (Å²) in [6.45, 7) is 4.12. The Kier molecular flexibility index (Phi) is 3.07. The Morgan fingerprint density at radius 3 is 2.00 bits per heavy atom. The third-order valence-electron chi connectivity index (χ3n) is 3.01. The second-order valence-electron chi connectivity index (χ2n) is 4.27. The summed E-state index contributed by atoms with van der Waals surface area (Å²) < 4.78 is 0. The van der Waals surface area contributed by atoms with Crippen molar-refractivity contribution in [3.8, 4) is 22.5 Å². The van der Waals surface area contributed by atoms with Gasteiger partial charge in [0.15, 0.2) is 0 Å². The van der Waals surface area contributed by atoms with E-state index < -0.39 is 0 Å². The molecule has 91 valence electrons. The zero-order chi connectivity index (χ0) is 13.1. The van der Waals surface area contributed by atoms with Gasteiger partial charge in [-0.15, -0.1) is 0 Å². The number of hydrogen-bond acceptors (Lipinski definition) is 2. The first-order valence-corrected chi connectivity index (χ1v) is 6.14. The molecule has 2 heterocycles. The molecule has 0 aliphatic rings. The second-order valence-corrected chi connectivity index (χ2v) is 4.27. The van der Waals surface area contributed by atoms with Crippen LogP contribution in [0, 0.1) is 6.92 Å². The zero-order valence-electron chi connectivity index (χ0n) is 10.5. The molecule has 0 aliphatic heterocycles. The Morgan fingerprint density at radius 2 is 1.37 bits per heavy atom. The van der Waals surface area contributed by atoms with E-state index in [4.69, 9.17) is 0 Å². The lowest BCUT2D eigenvalue weighted by Crippen LogP contribution is -1.92. The summed E-state index contributed by atoms with van der Waals surface area (Å²) in [5.74, 6) is 0. The van der Waals surface area contributed by atoms with Crippen LogP contribution in [0.25, 0.3) is 22.5 Å². The summed E-state index contributed by atoms with van der Waals surface area (Å²) in [5.41, 5.74) is 4.93. The van der Waals surface area contributed by atoms with E-state index in [1.165, 1.54) is 0 Å². The predicted molar refractivity (Wildman–Crippen MR) is 77.4 cm³/mol. The molecule has 0 atom stereocenters. The van der Waals surface area contributed by atoms with E-state index >= 15 is 0 Å². The predicted octanol–water partition coefficient (Wildman–Crippen LogP) is 3.99. The van der Waals surface area contributed by atoms with Gasteiger partial charge in [-0.05, 0) is 36.8 Å². The third-order valence-corrected chi connectivity index (χ3v) is 3.01. The van der Waals surface area contributed by atoms with E-state index in [0.717, 1.165) is 28.1 Å². The summed E-state index contributed by atoms with van der Waals surface area (Å²) >= 11 is 0. The Hall–Kier alpha value is -2.48. The highest BCUT2D eigenvalue weighted by Gasteiger charge is 2.11. The van der Waals surface area contributed by atoms with Crippen molar-refractivity contribution in [2.24, 2.45) is 0 Å². The van der Waals surface area contributed by atoms with Crippen molar-refractivity contribution in [2.45, 2.75) is 0 Å². The fourth-order valence-electron chi connectivity index (χ4n) is 2.15. The summed E-state index contributed by atoms with van der Waals surface area (Å²) in [7, 11) is 0. The molecule has 2 nitrogen and oxygen atoms in total. The van der Waals surface area contributed by atoms with Crippen molar-refractivity contribution in [3.05, 3.63) is 79.5 Å². The smallest absolute Gasteiger partial charge is 0.0711 e. The maximum absolute atomic E-state index is 4.43. The first kappa shape index (κ1) is 11.6. The van der Waals surface area contributed by atoms with E-state index in [0.29, 0.717) is 0 Å². The Balaban J connectivity index is 2.25. The summed E-state index contributed by atoms with van der Waals surface area (Å²) in [5, 5.41) is 0. The van der Waals surface area contributed by atoms with Crippen LogP contribution in [0.5, 0.6) is 0 Å². The van der Waals surface area contributed by atoms with E-state index in [1.54, 1.807) is 12.4 Å². The largest absolute Gasteiger partial charge is 0.256 e. The fraction of sp³-hybridized carbons (Fsp3) is 0. The van der Waals surface area contributed by atoms with Crippen LogP contribution in [-0.2, 0) is 0 Å². The van der Waals surface area contributed by atoms with Gasteiger partial charge in [-0.25, -0.2) is 0 Å². The van der Waals surface area contributed by atoms with Crippen molar-refractivity contribution >= 4 is 0 Å². The van der Waals surface area contributed by atoms with Crippen LogP contribution in [0.4, 0.5) is 0 Å². The van der Waals surface area contributed by atoms with Gasteiger partial charge >= 0.3 is 0 Å². The van der Waals surface area contributed by atoms with Gasteiger partial charge in [0.1, 0.15) is 0 Å². The van der Waals surface area contributed by atoms with Crippen molar-refractivity contribution in [1.29, 1.82) is 0 Å². The van der Waals surface area contributed by atoms with Gasteiger partial charge < -0.3 is 0 Å². The molecule has 0 unspecified atom stereocenters. The first-order chi connectivity index (χ1) is 9.36. The number of rotatable bonds is 2. The van der Waals surface area contributed by atoms with Gasteiger partial charge in [-0.2, -0.15) is 0 Å². The molecule has 3 aromatic rings. The molecular formula is C17H13N2. The molecule has 0 saturated heterocycles. The highest BCUT2D eigenvalue weighted by molar-refractivity contribution is 5.83. The molecule has 0 amide bonds. The highest BCUT2D eigenvalue weighted by atomic mass is 14.7. The van der Waals surface area contributed by atoms with E-state index in [2.05, 4.69) is 23.0 Å². The van der Waals surface area contributed by atoms with Crippen LogP contribution in [-0.4, -0.2) is 9.97 Å². The van der Waals surface area contributed by atoms with Gasteiger partial charge in [0.05, 0.1) is 11.4 Å². The number of hydrogen-bond donors (Lipinski definition) is 0. The van der Waals surface area contributed by atoms with Gasteiger partial charge in [-0.1, -0.05) is 30.3 Å². The Morgan fingerprint density at radius 1 is 0.684 bits per heavy atom. The molecular weight excluding hydrogens is 232 g/mol. The normalized spacial score (nSPS) is 10.4. The molecule has 2 aromatic heterocycles. The molecule has 0 bridgehead atoms. The van der Waals surface area contributed by atoms with Gasteiger partial charge in [0.25, 0.3) is 0 Å². The summed E-state index contributed by atoms with van der Waals surface area (Å²) in [6, 6.07) is 17.8. The number of aromatic nitrogens is 2. The molecule has 0 saturated carbocycles. The lowest BCUT2D eigenvalue weighted by atomic mass is 9.96. The monoisotopic (exact) mass is 245 g/mol. The average molecular weight is 245 g/mol. The minimum atomic E-state index is 0.925. The molecule has 1 radical (unpaired) electrons. The lowest BCUT2D eigenvalue weighted by molar-refractivity contribution is 1.29. The van der Waals surface area contributed by atoms with Crippen LogP contribution in [0.1, 0.15) is 5.56 Å². The van der Waals surface area contributed by atoms with Crippen LogP contribution >= 0.6 is 0 Å². The fourth-order valence-corrected chi connectivity index (χ4v) is 2.15. The van der Waals surface area contributed by atoms with Gasteiger partial charge in [-0.3, -0.25) is 9.97 Å². The molecule has 2 heteroatoms.